The Hall–Kier alpha value is -2.44. The first-order chi connectivity index (χ1) is 13.5. The highest BCUT2D eigenvalue weighted by Crippen LogP contribution is 2.17. The molecule has 0 aliphatic heterocycles. The van der Waals surface area contributed by atoms with Gasteiger partial charge in [0, 0.05) is 22.0 Å². The topological polar surface area (TPSA) is 58.2 Å². The zero-order valence-corrected chi connectivity index (χ0v) is 18.1. The van der Waals surface area contributed by atoms with E-state index in [0.717, 1.165) is 20.1 Å². The molecule has 0 spiro atoms. The average Bonchev–Trinajstić information content (AvgIpc) is 2.71. The lowest BCUT2D eigenvalue weighted by molar-refractivity contribution is 0.0941. The fourth-order valence-corrected chi connectivity index (χ4v) is 3.55. The smallest absolute Gasteiger partial charge is 0.252 e. The van der Waals surface area contributed by atoms with Crippen LogP contribution in [0.3, 0.4) is 0 Å². The van der Waals surface area contributed by atoms with Gasteiger partial charge in [-0.2, -0.15) is 0 Å². The molecule has 0 aromatic heterocycles. The molecule has 2 N–H and O–H groups in total. The van der Waals surface area contributed by atoms with Crippen molar-refractivity contribution in [2.24, 2.45) is 0 Å². The monoisotopic (exact) mass is 500 g/mol. The quantitative estimate of drug-likeness (QED) is 0.495. The van der Waals surface area contributed by atoms with Crippen LogP contribution < -0.4 is 10.6 Å². The second-order valence-electron chi connectivity index (χ2n) is 6.14. The number of carbonyl (C=O) groups is 2. The van der Waals surface area contributed by atoms with E-state index in [-0.39, 0.29) is 11.8 Å². The minimum absolute atomic E-state index is 0.128. The van der Waals surface area contributed by atoms with Gasteiger partial charge < -0.3 is 10.6 Å². The van der Waals surface area contributed by atoms with Gasteiger partial charge in [0.15, 0.2) is 0 Å². The Labute approximate surface area is 180 Å². The van der Waals surface area contributed by atoms with E-state index >= 15 is 0 Å². The number of nitrogens with one attached hydrogen (secondary N) is 2. The van der Waals surface area contributed by atoms with Gasteiger partial charge in [-0.1, -0.05) is 48.5 Å². The van der Waals surface area contributed by atoms with E-state index in [2.05, 4.69) is 42.5 Å². The van der Waals surface area contributed by atoms with Crippen LogP contribution in [0.15, 0.2) is 81.7 Å². The SMILES string of the molecule is O=C(NCc1ccc(CNC(=O)c2ccccc2Br)cc1)c1ccccc1Br. The van der Waals surface area contributed by atoms with Crippen molar-refractivity contribution in [2.75, 3.05) is 0 Å². The summed E-state index contributed by atoms with van der Waals surface area (Å²) in [6.45, 7) is 0.869. The summed E-state index contributed by atoms with van der Waals surface area (Å²) in [5, 5.41) is 5.82. The first kappa shape index (κ1) is 20.3. The number of rotatable bonds is 6. The van der Waals surface area contributed by atoms with Gasteiger partial charge in [-0.25, -0.2) is 0 Å². The summed E-state index contributed by atoms with van der Waals surface area (Å²) in [7, 11) is 0. The summed E-state index contributed by atoms with van der Waals surface area (Å²) < 4.78 is 1.53. The molecule has 0 bridgehead atoms. The lowest BCUT2D eigenvalue weighted by atomic mass is 10.1. The van der Waals surface area contributed by atoms with E-state index in [0.29, 0.717) is 24.2 Å². The molecule has 28 heavy (non-hydrogen) atoms. The van der Waals surface area contributed by atoms with E-state index in [1.807, 2.05) is 60.7 Å². The maximum atomic E-state index is 12.3. The molecule has 0 fully saturated rings. The van der Waals surface area contributed by atoms with Crippen molar-refractivity contribution in [1.29, 1.82) is 0 Å². The summed E-state index contributed by atoms with van der Waals surface area (Å²) in [6, 6.07) is 22.4. The Bertz CT molecular complexity index is 907. The largest absolute Gasteiger partial charge is 0.348 e. The van der Waals surface area contributed by atoms with Crippen LogP contribution in [0.5, 0.6) is 0 Å². The molecule has 0 heterocycles. The number of benzene rings is 3. The second-order valence-corrected chi connectivity index (χ2v) is 7.85. The van der Waals surface area contributed by atoms with E-state index in [1.54, 1.807) is 12.1 Å². The predicted molar refractivity (Wildman–Crippen MR) is 117 cm³/mol. The molecule has 2 amide bonds. The second kappa shape index (κ2) is 9.66. The molecule has 3 aromatic carbocycles. The molecular weight excluding hydrogens is 484 g/mol. The Kier molecular flexibility index (Phi) is 7.01. The number of carbonyl (C=O) groups excluding carboxylic acids is 2. The molecule has 0 aliphatic rings. The van der Waals surface area contributed by atoms with Gasteiger partial charge in [-0.05, 0) is 67.3 Å². The molecule has 0 saturated carbocycles. The fraction of sp³-hybridized carbons (Fsp3) is 0.0909. The minimum atomic E-state index is -0.128. The van der Waals surface area contributed by atoms with Gasteiger partial charge in [0.1, 0.15) is 0 Å². The summed E-state index contributed by atoms with van der Waals surface area (Å²) in [5.74, 6) is -0.255. The lowest BCUT2D eigenvalue weighted by Gasteiger charge is -2.09. The van der Waals surface area contributed by atoms with Gasteiger partial charge in [0.05, 0.1) is 11.1 Å². The van der Waals surface area contributed by atoms with Gasteiger partial charge >= 0.3 is 0 Å². The van der Waals surface area contributed by atoms with Crippen LogP contribution in [0, 0.1) is 0 Å². The Morgan fingerprint density at radius 3 is 1.32 bits per heavy atom. The average molecular weight is 502 g/mol. The fourth-order valence-electron chi connectivity index (χ4n) is 2.62. The van der Waals surface area contributed by atoms with Crippen molar-refractivity contribution in [3.05, 3.63) is 104 Å². The van der Waals surface area contributed by atoms with Gasteiger partial charge in [-0.15, -0.1) is 0 Å². The van der Waals surface area contributed by atoms with E-state index < -0.39 is 0 Å². The van der Waals surface area contributed by atoms with E-state index in [1.165, 1.54) is 0 Å². The molecule has 0 aliphatic carbocycles. The summed E-state index contributed by atoms with van der Waals surface area (Å²) in [6.07, 6.45) is 0. The van der Waals surface area contributed by atoms with Crippen LogP contribution >= 0.6 is 31.9 Å². The molecular formula is C22H18Br2N2O2. The minimum Gasteiger partial charge on any atom is -0.348 e. The lowest BCUT2D eigenvalue weighted by Crippen LogP contribution is -2.24. The van der Waals surface area contributed by atoms with E-state index in [9.17, 15) is 9.59 Å². The van der Waals surface area contributed by atoms with Crippen molar-refractivity contribution in [2.45, 2.75) is 13.1 Å². The first-order valence-corrected chi connectivity index (χ1v) is 10.3. The molecule has 4 nitrogen and oxygen atoms in total. The molecule has 0 atom stereocenters. The van der Waals surface area contributed by atoms with Crippen LogP contribution in [0.25, 0.3) is 0 Å². The third kappa shape index (κ3) is 5.30. The predicted octanol–water partition coefficient (Wildman–Crippen LogP) is 5.07. The molecule has 6 heteroatoms. The van der Waals surface area contributed by atoms with Crippen LogP contribution in [0.1, 0.15) is 31.8 Å². The standard InChI is InChI=1S/C22H18Br2N2O2/c23-19-7-3-1-5-17(19)21(27)25-13-15-9-11-16(12-10-15)14-26-22(28)18-6-2-4-8-20(18)24/h1-12H,13-14H2,(H,25,27)(H,26,28). The van der Waals surface area contributed by atoms with Crippen molar-refractivity contribution < 1.29 is 9.59 Å². The van der Waals surface area contributed by atoms with Crippen molar-refractivity contribution >= 4 is 43.7 Å². The third-order valence-corrected chi connectivity index (χ3v) is 5.55. The van der Waals surface area contributed by atoms with Crippen molar-refractivity contribution in [3.63, 3.8) is 0 Å². The van der Waals surface area contributed by atoms with Crippen molar-refractivity contribution in [3.8, 4) is 0 Å². The Morgan fingerprint density at radius 2 is 0.964 bits per heavy atom. The van der Waals surface area contributed by atoms with Crippen LogP contribution in [-0.2, 0) is 13.1 Å². The maximum Gasteiger partial charge on any atom is 0.252 e. The number of hydrogen-bond donors (Lipinski definition) is 2. The van der Waals surface area contributed by atoms with Gasteiger partial charge in [-0.3, -0.25) is 9.59 Å². The van der Waals surface area contributed by atoms with Crippen LogP contribution in [-0.4, -0.2) is 11.8 Å². The molecule has 3 rings (SSSR count). The van der Waals surface area contributed by atoms with Gasteiger partial charge in [0.2, 0.25) is 0 Å². The number of amides is 2. The highest BCUT2D eigenvalue weighted by atomic mass is 79.9. The molecule has 0 saturated heterocycles. The van der Waals surface area contributed by atoms with Crippen LogP contribution in [0.4, 0.5) is 0 Å². The van der Waals surface area contributed by atoms with Crippen LogP contribution in [0.2, 0.25) is 0 Å². The zero-order valence-electron chi connectivity index (χ0n) is 14.9. The van der Waals surface area contributed by atoms with Gasteiger partial charge in [0.25, 0.3) is 11.8 Å². The van der Waals surface area contributed by atoms with Crippen molar-refractivity contribution in [1.82, 2.24) is 10.6 Å². The highest BCUT2D eigenvalue weighted by Gasteiger charge is 2.10. The van der Waals surface area contributed by atoms with E-state index in [4.69, 9.17) is 0 Å². The zero-order chi connectivity index (χ0) is 19.9. The third-order valence-electron chi connectivity index (χ3n) is 4.17. The summed E-state index contributed by atoms with van der Waals surface area (Å²) in [5.41, 5.74) is 3.19. The summed E-state index contributed by atoms with van der Waals surface area (Å²) >= 11 is 6.77. The molecule has 0 radical (unpaired) electrons. The molecule has 0 unspecified atom stereocenters. The first-order valence-electron chi connectivity index (χ1n) is 8.68. The Morgan fingerprint density at radius 1 is 0.607 bits per heavy atom. The Balaban J connectivity index is 1.52. The number of halogens is 2. The molecule has 3 aromatic rings. The molecule has 142 valence electrons. The number of hydrogen-bond acceptors (Lipinski definition) is 2. The highest BCUT2D eigenvalue weighted by molar-refractivity contribution is 9.10. The summed E-state index contributed by atoms with van der Waals surface area (Å²) in [4.78, 5) is 24.5. The maximum absolute atomic E-state index is 12.3. The normalized spacial score (nSPS) is 10.4.